The van der Waals surface area contributed by atoms with Gasteiger partial charge in [-0.05, 0) is 0 Å². The van der Waals surface area contributed by atoms with Crippen molar-refractivity contribution in [3.05, 3.63) is 41.0 Å². The average molecular weight is 485 g/mol. The van der Waals surface area contributed by atoms with E-state index in [2.05, 4.69) is 10.1 Å². The molecule has 30 heavy (non-hydrogen) atoms. The molecule has 9 nitrogen and oxygen atoms in total. The Morgan fingerprint density at radius 3 is 1.90 bits per heavy atom. The summed E-state index contributed by atoms with van der Waals surface area (Å²) in [6, 6.07) is 0. The highest BCUT2D eigenvalue weighted by Gasteiger charge is 2.43. The largest absolute Gasteiger partial charge is 0.323 e. The smallest absolute Gasteiger partial charge is 0.204 e. The fraction of sp³-hybridized carbons (Fsp3) is 0.333. The van der Waals surface area contributed by atoms with Crippen LogP contribution < -0.4 is 4.72 Å². The van der Waals surface area contributed by atoms with Gasteiger partial charge in [0.2, 0.25) is 5.82 Å². The lowest BCUT2D eigenvalue weighted by Gasteiger charge is -2.19. The van der Waals surface area contributed by atoms with Crippen LogP contribution in [0.4, 0.5) is 30.7 Å². The molecule has 2 aromatic rings. The van der Waals surface area contributed by atoms with Gasteiger partial charge in [-0.2, -0.15) is 21.5 Å². The molecule has 0 spiro atoms. The van der Waals surface area contributed by atoms with Crippen LogP contribution in [0.2, 0.25) is 0 Å². The quantitative estimate of drug-likeness (QED) is 0.351. The number of alkyl halides is 2. The summed E-state index contributed by atoms with van der Waals surface area (Å²) in [5.41, 5.74) is -2.56. The molecule has 1 aromatic carbocycles. The van der Waals surface area contributed by atoms with E-state index < -0.39 is 72.5 Å². The van der Waals surface area contributed by atoms with Crippen molar-refractivity contribution in [1.82, 2.24) is 23.2 Å². The minimum Gasteiger partial charge on any atom is -0.204 e. The molecule has 0 aliphatic carbocycles. The second-order valence-electron chi connectivity index (χ2n) is 5.66. The molecule has 0 aliphatic rings. The summed E-state index contributed by atoms with van der Waals surface area (Å²) < 4.78 is 144. The van der Waals surface area contributed by atoms with Crippen molar-refractivity contribution < 1.29 is 47.6 Å². The van der Waals surface area contributed by atoms with Gasteiger partial charge < -0.3 is 0 Å². The molecule has 0 amide bonds. The molecule has 0 unspecified atom stereocenters. The SMILES string of the molecule is CN(C)S(=O)(=O)n1cnc(S(=O)(=O)NCC(F)(F)c2c(F)c(F)c(F)c(F)c2F)n1. The highest BCUT2D eigenvalue weighted by Crippen LogP contribution is 2.35. The number of nitrogens with zero attached hydrogens (tertiary/aromatic N) is 4. The molecule has 1 heterocycles. The van der Waals surface area contributed by atoms with Crippen LogP contribution in [0.5, 0.6) is 0 Å². The summed E-state index contributed by atoms with van der Waals surface area (Å²) in [6.45, 7) is -2.16. The number of hydrogen-bond donors (Lipinski definition) is 1. The van der Waals surface area contributed by atoms with E-state index in [9.17, 15) is 47.6 Å². The minimum atomic E-state index is -5.08. The summed E-state index contributed by atoms with van der Waals surface area (Å²) in [5, 5.41) is 1.77. The van der Waals surface area contributed by atoms with Crippen LogP contribution >= 0.6 is 0 Å². The molecule has 0 atom stereocenters. The van der Waals surface area contributed by atoms with Crippen LogP contribution in [0.15, 0.2) is 11.5 Å². The molecular formula is C12H10F7N5O4S2. The Balaban J connectivity index is 2.36. The lowest BCUT2D eigenvalue weighted by molar-refractivity contribution is -0.00695. The maximum atomic E-state index is 14.1. The summed E-state index contributed by atoms with van der Waals surface area (Å²) in [5.74, 6) is -18.6. The molecule has 2 rings (SSSR count). The van der Waals surface area contributed by atoms with E-state index in [1.54, 1.807) is 0 Å². The second kappa shape index (κ2) is 7.75. The van der Waals surface area contributed by atoms with Gasteiger partial charge in [0.1, 0.15) is 6.33 Å². The van der Waals surface area contributed by atoms with Crippen molar-refractivity contribution >= 4 is 20.2 Å². The predicted octanol–water partition coefficient (Wildman–Crippen LogP) is 0.698. The Labute approximate surface area is 164 Å². The van der Waals surface area contributed by atoms with E-state index in [4.69, 9.17) is 0 Å². The molecular weight excluding hydrogens is 475 g/mol. The standard InChI is InChI=1S/C12H10F7N5O4S2/c1-23(2)30(27,28)24-4-20-11(22-24)29(25,26)21-3-12(18,19)5-6(13)8(15)10(17)9(16)7(5)14/h4,21H,3H2,1-2H3. The molecule has 0 bridgehead atoms. The van der Waals surface area contributed by atoms with Gasteiger partial charge in [-0.15, -0.1) is 9.19 Å². The van der Waals surface area contributed by atoms with E-state index in [0.29, 0.717) is 10.6 Å². The zero-order valence-electron chi connectivity index (χ0n) is 14.7. The van der Waals surface area contributed by atoms with Crippen molar-refractivity contribution in [2.45, 2.75) is 11.1 Å². The number of rotatable bonds is 7. The van der Waals surface area contributed by atoms with Gasteiger partial charge in [0.15, 0.2) is 23.3 Å². The van der Waals surface area contributed by atoms with Crippen molar-refractivity contribution in [2.24, 2.45) is 0 Å². The Morgan fingerprint density at radius 1 is 0.967 bits per heavy atom. The number of halogens is 7. The zero-order valence-corrected chi connectivity index (χ0v) is 16.3. The first-order valence-corrected chi connectivity index (χ1v) is 10.2. The topological polar surface area (TPSA) is 114 Å². The fourth-order valence-electron chi connectivity index (χ4n) is 1.90. The Bertz CT molecular complexity index is 1170. The monoisotopic (exact) mass is 485 g/mol. The fourth-order valence-corrected chi connectivity index (χ4v) is 3.52. The van der Waals surface area contributed by atoms with Gasteiger partial charge in [0, 0.05) is 14.1 Å². The third kappa shape index (κ3) is 4.12. The van der Waals surface area contributed by atoms with E-state index in [1.165, 1.54) is 0 Å². The van der Waals surface area contributed by atoms with Gasteiger partial charge in [0.25, 0.3) is 21.1 Å². The minimum absolute atomic E-state index is 0.0871. The number of hydrogen-bond acceptors (Lipinski definition) is 6. The van der Waals surface area contributed by atoms with E-state index in [0.717, 1.165) is 18.8 Å². The van der Waals surface area contributed by atoms with Gasteiger partial charge in [-0.1, -0.05) is 0 Å². The van der Waals surface area contributed by atoms with E-state index in [-0.39, 0.29) is 4.09 Å². The van der Waals surface area contributed by atoms with Crippen LogP contribution in [0.3, 0.4) is 0 Å². The molecule has 0 radical (unpaired) electrons. The second-order valence-corrected chi connectivity index (χ2v) is 9.32. The zero-order chi connectivity index (χ0) is 23.2. The molecule has 0 fully saturated rings. The number of benzene rings is 1. The third-order valence-electron chi connectivity index (χ3n) is 3.45. The first-order valence-electron chi connectivity index (χ1n) is 7.28. The Morgan fingerprint density at radius 2 is 1.43 bits per heavy atom. The highest BCUT2D eigenvalue weighted by molar-refractivity contribution is 7.89. The molecule has 0 saturated heterocycles. The molecule has 18 heteroatoms. The molecule has 168 valence electrons. The predicted molar refractivity (Wildman–Crippen MR) is 83.3 cm³/mol. The average Bonchev–Trinajstić information content (AvgIpc) is 3.15. The van der Waals surface area contributed by atoms with Crippen LogP contribution in [-0.2, 0) is 26.2 Å². The summed E-state index contributed by atoms with van der Waals surface area (Å²) >= 11 is 0. The highest BCUT2D eigenvalue weighted by atomic mass is 32.2. The summed E-state index contributed by atoms with van der Waals surface area (Å²) in [6.07, 6.45) is 0.423. The van der Waals surface area contributed by atoms with E-state index in [1.807, 2.05) is 0 Å². The van der Waals surface area contributed by atoms with Crippen molar-refractivity contribution in [1.29, 1.82) is 0 Å². The van der Waals surface area contributed by atoms with Crippen LogP contribution in [0.1, 0.15) is 5.56 Å². The molecule has 0 saturated carbocycles. The lowest BCUT2D eigenvalue weighted by atomic mass is 10.1. The molecule has 1 aromatic heterocycles. The first kappa shape index (κ1) is 24.0. The van der Waals surface area contributed by atoms with Crippen molar-refractivity contribution in [3.63, 3.8) is 0 Å². The maximum Gasteiger partial charge on any atom is 0.323 e. The summed E-state index contributed by atoms with van der Waals surface area (Å²) in [7, 11) is -7.27. The molecule has 0 aliphatic heterocycles. The van der Waals surface area contributed by atoms with E-state index >= 15 is 0 Å². The van der Waals surface area contributed by atoms with Gasteiger partial charge >= 0.3 is 10.2 Å². The third-order valence-corrected chi connectivity index (χ3v) is 6.21. The number of aromatic nitrogens is 3. The number of nitrogens with one attached hydrogen (secondary N) is 1. The maximum absolute atomic E-state index is 14.1. The van der Waals surface area contributed by atoms with Gasteiger partial charge in [0.05, 0.1) is 12.1 Å². The van der Waals surface area contributed by atoms with Crippen LogP contribution in [0, 0.1) is 29.1 Å². The summed E-state index contributed by atoms with van der Waals surface area (Å²) in [4.78, 5) is 3.12. The van der Waals surface area contributed by atoms with Gasteiger partial charge in [-0.3, -0.25) is 0 Å². The lowest BCUT2D eigenvalue weighted by Crippen LogP contribution is -2.37. The number of sulfonamides is 1. The van der Waals surface area contributed by atoms with Gasteiger partial charge in [-0.25, -0.2) is 40.1 Å². The first-order chi connectivity index (χ1) is 13.5. The van der Waals surface area contributed by atoms with Crippen molar-refractivity contribution in [2.75, 3.05) is 20.6 Å². The Hall–Kier alpha value is -2.31. The molecule has 1 N–H and O–H groups in total. The van der Waals surface area contributed by atoms with Crippen LogP contribution in [0.25, 0.3) is 0 Å². The normalized spacial score (nSPS) is 13.3. The van der Waals surface area contributed by atoms with Crippen molar-refractivity contribution in [3.8, 4) is 0 Å². The van der Waals surface area contributed by atoms with Crippen LogP contribution in [-0.4, -0.2) is 56.0 Å². The Kier molecular flexibility index (Phi) is 6.19.